The standard InChI is InChI=1S/C17H25NO/c1-5-14-6-8-16(9-7-14)17(19)13(3)18(4)12(2)15-10-11-15/h6-9,12-13,15H,5,10-11H2,1-4H3. The van der Waals surface area contributed by atoms with Crippen LogP contribution in [0.3, 0.4) is 0 Å². The van der Waals surface area contributed by atoms with Crippen molar-refractivity contribution >= 4 is 5.78 Å². The highest BCUT2D eigenvalue weighted by molar-refractivity contribution is 5.99. The molecule has 2 rings (SSSR count). The zero-order chi connectivity index (χ0) is 14.0. The molecule has 0 N–H and O–H groups in total. The van der Waals surface area contributed by atoms with Crippen molar-refractivity contribution in [3.8, 4) is 0 Å². The van der Waals surface area contributed by atoms with E-state index in [2.05, 4.69) is 37.9 Å². The highest BCUT2D eigenvalue weighted by Crippen LogP contribution is 2.35. The third-order valence-electron chi connectivity index (χ3n) is 4.58. The molecule has 19 heavy (non-hydrogen) atoms. The average Bonchev–Trinajstić information content (AvgIpc) is 3.28. The van der Waals surface area contributed by atoms with Crippen molar-refractivity contribution in [1.82, 2.24) is 4.90 Å². The Labute approximate surface area is 116 Å². The lowest BCUT2D eigenvalue weighted by atomic mass is 10.0. The van der Waals surface area contributed by atoms with E-state index in [0.717, 1.165) is 17.9 Å². The number of hydrogen-bond donors (Lipinski definition) is 0. The predicted molar refractivity (Wildman–Crippen MR) is 79.6 cm³/mol. The van der Waals surface area contributed by atoms with Gasteiger partial charge in [-0.3, -0.25) is 9.69 Å². The summed E-state index contributed by atoms with van der Waals surface area (Å²) in [6, 6.07) is 8.52. The molecule has 1 aromatic carbocycles. The van der Waals surface area contributed by atoms with Gasteiger partial charge in [-0.15, -0.1) is 0 Å². The molecule has 0 bridgehead atoms. The summed E-state index contributed by atoms with van der Waals surface area (Å²) in [4.78, 5) is 14.7. The Morgan fingerprint density at radius 2 is 1.84 bits per heavy atom. The van der Waals surface area contributed by atoms with Gasteiger partial charge in [0, 0.05) is 11.6 Å². The predicted octanol–water partition coefficient (Wildman–Crippen LogP) is 3.55. The first kappa shape index (κ1) is 14.3. The maximum Gasteiger partial charge on any atom is 0.179 e. The molecule has 2 nitrogen and oxygen atoms in total. The summed E-state index contributed by atoms with van der Waals surface area (Å²) in [5, 5.41) is 0. The van der Waals surface area contributed by atoms with E-state index in [9.17, 15) is 4.79 Å². The van der Waals surface area contributed by atoms with Gasteiger partial charge in [-0.1, -0.05) is 31.2 Å². The molecule has 104 valence electrons. The van der Waals surface area contributed by atoms with E-state index in [4.69, 9.17) is 0 Å². The molecule has 0 spiro atoms. The second-order valence-electron chi connectivity index (χ2n) is 5.83. The largest absolute Gasteiger partial charge is 0.294 e. The van der Waals surface area contributed by atoms with Crippen LogP contribution in [-0.2, 0) is 6.42 Å². The maximum absolute atomic E-state index is 12.5. The summed E-state index contributed by atoms with van der Waals surface area (Å²) in [6.45, 7) is 6.39. The number of aryl methyl sites for hydroxylation is 1. The van der Waals surface area contributed by atoms with Crippen molar-refractivity contribution in [3.05, 3.63) is 35.4 Å². The van der Waals surface area contributed by atoms with Gasteiger partial charge in [-0.05, 0) is 51.6 Å². The van der Waals surface area contributed by atoms with Crippen molar-refractivity contribution in [3.63, 3.8) is 0 Å². The summed E-state index contributed by atoms with van der Waals surface area (Å²) in [5.74, 6) is 1.03. The summed E-state index contributed by atoms with van der Waals surface area (Å²) in [5.41, 5.74) is 2.11. The number of carbonyl (C=O) groups excluding carboxylic acids is 1. The van der Waals surface area contributed by atoms with Crippen molar-refractivity contribution in [1.29, 1.82) is 0 Å². The van der Waals surface area contributed by atoms with Gasteiger partial charge in [0.2, 0.25) is 0 Å². The van der Waals surface area contributed by atoms with Gasteiger partial charge in [0.05, 0.1) is 6.04 Å². The lowest BCUT2D eigenvalue weighted by Crippen LogP contribution is -2.42. The molecule has 2 unspecified atom stereocenters. The molecule has 2 heteroatoms. The number of carbonyl (C=O) groups is 1. The Kier molecular flexibility index (Phi) is 4.41. The van der Waals surface area contributed by atoms with Crippen LogP contribution in [0.4, 0.5) is 0 Å². The SMILES string of the molecule is CCc1ccc(C(=O)C(C)N(C)C(C)C2CC2)cc1. The molecule has 1 aliphatic carbocycles. The summed E-state index contributed by atoms with van der Waals surface area (Å²) >= 11 is 0. The fraction of sp³-hybridized carbons (Fsp3) is 0.588. The highest BCUT2D eigenvalue weighted by atomic mass is 16.1. The second-order valence-corrected chi connectivity index (χ2v) is 5.83. The number of nitrogens with zero attached hydrogens (tertiary/aromatic N) is 1. The van der Waals surface area contributed by atoms with E-state index in [1.165, 1.54) is 18.4 Å². The molecule has 0 radical (unpaired) electrons. The maximum atomic E-state index is 12.5. The molecular formula is C17H25NO. The number of rotatable bonds is 6. The minimum atomic E-state index is -0.0388. The summed E-state index contributed by atoms with van der Waals surface area (Å²) in [6.07, 6.45) is 3.65. The topological polar surface area (TPSA) is 20.3 Å². The van der Waals surface area contributed by atoms with E-state index in [1.807, 2.05) is 19.1 Å². The van der Waals surface area contributed by atoms with Crippen LogP contribution in [0.1, 0.15) is 49.5 Å². The molecule has 0 heterocycles. The molecule has 1 aromatic rings. The number of hydrogen-bond acceptors (Lipinski definition) is 2. The first-order chi connectivity index (χ1) is 9.04. The number of likely N-dealkylation sites (N-methyl/N-ethyl adjacent to an activating group) is 1. The monoisotopic (exact) mass is 259 g/mol. The molecule has 2 atom stereocenters. The second kappa shape index (κ2) is 5.87. The molecular weight excluding hydrogens is 234 g/mol. The summed E-state index contributed by atoms with van der Waals surface area (Å²) in [7, 11) is 2.08. The van der Waals surface area contributed by atoms with E-state index >= 15 is 0 Å². The average molecular weight is 259 g/mol. The molecule has 0 saturated heterocycles. The minimum absolute atomic E-state index is 0.0388. The van der Waals surface area contributed by atoms with Gasteiger partial charge in [-0.25, -0.2) is 0 Å². The van der Waals surface area contributed by atoms with Gasteiger partial charge in [0.25, 0.3) is 0 Å². The smallest absolute Gasteiger partial charge is 0.179 e. The lowest BCUT2D eigenvalue weighted by Gasteiger charge is -2.30. The normalized spacial score (nSPS) is 18.4. The van der Waals surface area contributed by atoms with E-state index in [1.54, 1.807) is 0 Å². The van der Waals surface area contributed by atoms with Crippen LogP contribution >= 0.6 is 0 Å². The van der Waals surface area contributed by atoms with Gasteiger partial charge < -0.3 is 0 Å². The Balaban J connectivity index is 2.04. The highest BCUT2D eigenvalue weighted by Gasteiger charge is 2.33. The van der Waals surface area contributed by atoms with Crippen molar-refractivity contribution in [2.24, 2.45) is 5.92 Å². The van der Waals surface area contributed by atoms with Crippen LogP contribution in [0.15, 0.2) is 24.3 Å². The van der Waals surface area contributed by atoms with Crippen molar-refractivity contribution < 1.29 is 4.79 Å². The number of ketones is 1. The third-order valence-corrected chi connectivity index (χ3v) is 4.58. The Morgan fingerprint density at radius 1 is 1.26 bits per heavy atom. The van der Waals surface area contributed by atoms with Gasteiger partial charge in [0.1, 0.15) is 0 Å². The summed E-state index contributed by atoms with van der Waals surface area (Å²) < 4.78 is 0. The van der Waals surface area contributed by atoms with E-state index in [0.29, 0.717) is 6.04 Å². The zero-order valence-electron chi connectivity index (χ0n) is 12.5. The first-order valence-electron chi connectivity index (χ1n) is 7.39. The molecule has 0 aliphatic heterocycles. The quantitative estimate of drug-likeness (QED) is 0.728. The fourth-order valence-electron chi connectivity index (χ4n) is 2.59. The van der Waals surface area contributed by atoms with Crippen molar-refractivity contribution in [2.75, 3.05) is 7.05 Å². The van der Waals surface area contributed by atoms with Crippen LogP contribution in [0.25, 0.3) is 0 Å². The van der Waals surface area contributed by atoms with Crippen LogP contribution < -0.4 is 0 Å². The van der Waals surface area contributed by atoms with Crippen LogP contribution in [-0.4, -0.2) is 29.8 Å². The minimum Gasteiger partial charge on any atom is -0.294 e. The lowest BCUT2D eigenvalue weighted by molar-refractivity contribution is 0.0811. The van der Waals surface area contributed by atoms with Crippen LogP contribution in [0.5, 0.6) is 0 Å². The van der Waals surface area contributed by atoms with Crippen molar-refractivity contribution in [2.45, 2.75) is 52.1 Å². The third kappa shape index (κ3) is 3.24. The Hall–Kier alpha value is -1.15. The first-order valence-corrected chi connectivity index (χ1v) is 7.39. The molecule has 0 amide bonds. The van der Waals surface area contributed by atoms with Gasteiger partial charge in [-0.2, -0.15) is 0 Å². The van der Waals surface area contributed by atoms with E-state index < -0.39 is 0 Å². The zero-order valence-corrected chi connectivity index (χ0v) is 12.5. The fourth-order valence-corrected chi connectivity index (χ4v) is 2.59. The van der Waals surface area contributed by atoms with Crippen LogP contribution in [0.2, 0.25) is 0 Å². The molecule has 0 aromatic heterocycles. The Morgan fingerprint density at radius 3 is 2.32 bits per heavy atom. The molecule has 1 fully saturated rings. The van der Waals surface area contributed by atoms with Gasteiger partial charge in [0.15, 0.2) is 5.78 Å². The van der Waals surface area contributed by atoms with Crippen LogP contribution in [0, 0.1) is 5.92 Å². The number of Topliss-reactive ketones (excluding diaryl/α,β-unsaturated/α-hetero) is 1. The number of benzene rings is 1. The Bertz CT molecular complexity index is 433. The molecule has 1 aliphatic rings. The van der Waals surface area contributed by atoms with Gasteiger partial charge >= 0.3 is 0 Å². The molecule has 1 saturated carbocycles. The van der Waals surface area contributed by atoms with E-state index in [-0.39, 0.29) is 11.8 Å².